The number of morpholine rings is 1. The van der Waals surface area contributed by atoms with E-state index in [1.165, 1.54) is 36.9 Å². The summed E-state index contributed by atoms with van der Waals surface area (Å²) in [4.78, 5) is 18.7. The fourth-order valence-corrected chi connectivity index (χ4v) is 5.55. The molecule has 0 unspecified atom stereocenters. The van der Waals surface area contributed by atoms with Crippen LogP contribution >= 0.6 is 0 Å². The molecule has 0 aliphatic carbocycles. The Kier molecular flexibility index (Phi) is 5.34. The first kappa shape index (κ1) is 20.4. The highest BCUT2D eigenvalue weighted by atomic mass is 16.5. The summed E-state index contributed by atoms with van der Waals surface area (Å²) in [6.45, 7) is 5.47. The van der Waals surface area contributed by atoms with Gasteiger partial charge in [-0.2, -0.15) is 0 Å². The van der Waals surface area contributed by atoms with E-state index in [-0.39, 0.29) is 0 Å². The summed E-state index contributed by atoms with van der Waals surface area (Å²) >= 11 is 0. The zero-order valence-electron chi connectivity index (χ0n) is 19.1. The molecule has 2 bridgehead atoms. The van der Waals surface area contributed by atoms with Crippen LogP contribution in [0, 0.1) is 6.92 Å². The number of hydrogen-bond acceptors (Lipinski definition) is 7. The fourth-order valence-electron chi connectivity index (χ4n) is 5.55. The minimum Gasteiger partial charge on any atom is -0.378 e. The Morgan fingerprint density at radius 1 is 0.939 bits per heavy atom. The van der Waals surface area contributed by atoms with Crippen LogP contribution in [0.4, 0.5) is 23.1 Å². The van der Waals surface area contributed by atoms with Gasteiger partial charge in [0.05, 0.1) is 18.9 Å². The fraction of sp³-hybridized carbons (Fsp3) is 0.423. The van der Waals surface area contributed by atoms with Gasteiger partial charge in [-0.3, -0.25) is 0 Å². The normalized spacial score (nSPS) is 22.1. The molecule has 3 aromatic rings. The molecule has 3 fully saturated rings. The molecule has 0 spiro atoms. The summed E-state index contributed by atoms with van der Waals surface area (Å²) in [7, 11) is 0. The van der Waals surface area contributed by atoms with Gasteiger partial charge in [0.1, 0.15) is 5.82 Å². The smallest absolute Gasteiger partial charge is 0.227 e. The van der Waals surface area contributed by atoms with E-state index in [0.717, 1.165) is 61.1 Å². The molecule has 3 aliphatic heterocycles. The molecule has 7 heteroatoms. The molecule has 0 amide bonds. The van der Waals surface area contributed by atoms with Crippen molar-refractivity contribution in [1.82, 2.24) is 15.0 Å². The summed E-state index contributed by atoms with van der Waals surface area (Å²) in [6, 6.07) is 14.1. The molecule has 3 aliphatic rings. The quantitative estimate of drug-likeness (QED) is 0.621. The summed E-state index contributed by atoms with van der Waals surface area (Å²) in [6.07, 6.45) is 9.05. The number of rotatable bonds is 5. The van der Waals surface area contributed by atoms with Crippen molar-refractivity contribution in [3.8, 4) is 11.3 Å². The minimum absolute atomic E-state index is 0.596. The molecular formula is C26H30N6O. The Morgan fingerprint density at radius 3 is 2.42 bits per heavy atom. The molecular weight excluding hydrogens is 412 g/mol. The van der Waals surface area contributed by atoms with Crippen molar-refractivity contribution in [1.29, 1.82) is 0 Å². The Balaban J connectivity index is 1.18. The van der Waals surface area contributed by atoms with Gasteiger partial charge in [-0.25, -0.2) is 15.0 Å². The van der Waals surface area contributed by atoms with Crippen molar-refractivity contribution in [2.24, 2.45) is 0 Å². The van der Waals surface area contributed by atoms with Crippen LogP contribution in [0.1, 0.15) is 31.2 Å². The number of aromatic nitrogens is 3. The maximum absolute atomic E-state index is 5.43. The Morgan fingerprint density at radius 2 is 1.73 bits per heavy atom. The topological polar surface area (TPSA) is 66.4 Å². The second-order valence-corrected chi connectivity index (χ2v) is 9.27. The molecule has 170 valence electrons. The van der Waals surface area contributed by atoms with Gasteiger partial charge in [-0.15, -0.1) is 0 Å². The van der Waals surface area contributed by atoms with Gasteiger partial charge in [-0.05, 0) is 74.6 Å². The second-order valence-electron chi connectivity index (χ2n) is 9.27. The highest BCUT2D eigenvalue weighted by Gasteiger charge is 2.39. The van der Waals surface area contributed by atoms with Gasteiger partial charge in [-0.1, -0.05) is 0 Å². The Labute approximate surface area is 194 Å². The molecule has 1 aromatic carbocycles. The predicted octanol–water partition coefficient (Wildman–Crippen LogP) is 4.56. The molecule has 2 aromatic heterocycles. The first-order valence-corrected chi connectivity index (χ1v) is 12.0. The molecule has 7 nitrogen and oxygen atoms in total. The highest BCUT2D eigenvalue weighted by molar-refractivity contribution is 5.66. The van der Waals surface area contributed by atoms with Crippen molar-refractivity contribution in [2.75, 3.05) is 41.4 Å². The lowest BCUT2D eigenvalue weighted by molar-refractivity contribution is 0.122. The summed E-state index contributed by atoms with van der Waals surface area (Å²) in [5, 5.41) is 3.39. The van der Waals surface area contributed by atoms with Crippen molar-refractivity contribution in [2.45, 2.75) is 44.7 Å². The Bertz CT molecular complexity index is 1110. The van der Waals surface area contributed by atoms with E-state index in [4.69, 9.17) is 9.72 Å². The summed E-state index contributed by atoms with van der Waals surface area (Å²) in [5.41, 5.74) is 5.54. The SMILES string of the molecule is Cc1cc(Nc2nccc(-c3ccc(N4CCOCC4)nc3)n2)ccc1N1C2CCC1CC2. The number of aryl methyl sites for hydroxylation is 1. The largest absolute Gasteiger partial charge is 0.378 e. The van der Waals surface area contributed by atoms with Gasteiger partial charge in [0.25, 0.3) is 0 Å². The third kappa shape index (κ3) is 4.02. The van der Waals surface area contributed by atoms with E-state index < -0.39 is 0 Å². The van der Waals surface area contributed by atoms with E-state index in [9.17, 15) is 0 Å². The number of nitrogens with zero attached hydrogens (tertiary/aromatic N) is 5. The van der Waals surface area contributed by atoms with Crippen LogP contribution in [0.5, 0.6) is 0 Å². The number of ether oxygens (including phenoxy) is 1. The minimum atomic E-state index is 0.596. The first-order chi connectivity index (χ1) is 16.2. The van der Waals surface area contributed by atoms with Crippen molar-refractivity contribution < 1.29 is 4.74 Å². The number of hydrogen-bond donors (Lipinski definition) is 1. The third-order valence-electron chi connectivity index (χ3n) is 7.22. The lowest BCUT2D eigenvalue weighted by Crippen LogP contribution is -2.36. The van der Waals surface area contributed by atoms with Gasteiger partial charge >= 0.3 is 0 Å². The standard InChI is InChI=1S/C26H30N6O/c1-18-16-20(3-8-24(18)32-21-4-5-22(32)7-6-21)29-26-27-11-10-23(30-26)19-2-9-25(28-17-19)31-12-14-33-15-13-31/h2-3,8-11,16-17,21-22H,4-7,12-15H2,1H3,(H,27,29,30). The third-order valence-corrected chi connectivity index (χ3v) is 7.22. The zero-order chi connectivity index (χ0) is 22.2. The average Bonchev–Trinajstić information content (AvgIpc) is 3.45. The average molecular weight is 443 g/mol. The molecule has 0 radical (unpaired) electrons. The predicted molar refractivity (Wildman–Crippen MR) is 131 cm³/mol. The number of benzene rings is 1. The zero-order valence-corrected chi connectivity index (χ0v) is 19.1. The molecule has 6 rings (SSSR count). The van der Waals surface area contributed by atoms with E-state index >= 15 is 0 Å². The Hall–Kier alpha value is -3.19. The van der Waals surface area contributed by atoms with Gasteiger partial charge in [0, 0.05) is 54.5 Å². The second kappa shape index (κ2) is 8.63. The van der Waals surface area contributed by atoms with Gasteiger partial charge < -0.3 is 19.9 Å². The summed E-state index contributed by atoms with van der Waals surface area (Å²) in [5.74, 6) is 1.58. The number of fused-ring (bicyclic) bond motifs is 2. The lowest BCUT2D eigenvalue weighted by Gasteiger charge is -2.27. The number of pyridine rings is 1. The van der Waals surface area contributed by atoms with Crippen LogP contribution in [0.15, 0.2) is 48.8 Å². The maximum Gasteiger partial charge on any atom is 0.227 e. The number of anilines is 4. The lowest BCUT2D eigenvalue weighted by atomic mass is 10.0. The van der Waals surface area contributed by atoms with E-state index in [0.29, 0.717) is 5.95 Å². The monoisotopic (exact) mass is 442 g/mol. The van der Waals surface area contributed by atoms with Gasteiger partial charge in [0.2, 0.25) is 5.95 Å². The highest BCUT2D eigenvalue weighted by Crippen LogP contribution is 2.42. The molecule has 0 atom stereocenters. The molecule has 0 saturated carbocycles. The van der Waals surface area contributed by atoms with Crippen LogP contribution in [-0.4, -0.2) is 53.3 Å². The van der Waals surface area contributed by atoms with Crippen molar-refractivity contribution in [3.63, 3.8) is 0 Å². The van der Waals surface area contributed by atoms with Crippen molar-refractivity contribution in [3.05, 3.63) is 54.4 Å². The van der Waals surface area contributed by atoms with Crippen molar-refractivity contribution >= 4 is 23.1 Å². The van der Waals surface area contributed by atoms with E-state index in [1.807, 2.05) is 12.3 Å². The molecule has 33 heavy (non-hydrogen) atoms. The van der Waals surface area contributed by atoms with Crippen LogP contribution in [0.25, 0.3) is 11.3 Å². The van der Waals surface area contributed by atoms with E-state index in [1.54, 1.807) is 6.20 Å². The van der Waals surface area contributed by atoms with Gasteiger partial charge in [0.15, 0.2) is 0 Å². The molecule has 5 heterocycles. The molecule has 3 saturated heterocycles. The van der Waals surface area contributed by atoms with Crippen LogP contribution in [0.3, 0.4) is 0 Å². The number of nitrogens with one attached hydrogen (secondary N) is 1. The summed E-state index contributed by atoms with van der Waals surface area (Å²) < 4.78 is 5.43. The van der Waals surface area contributed by atoms with E-state index in [2.05, 4.69) is 62.3 Å². The first-order valence-electron chi connectivity index (χ1n) is 12.0. The van der Waals surface area contributed by atoms with Crippen LogP contribution in [0.2, 0.25) is 0 Å². The van der Waals surface area contributed by atoms with Crippen LogP contribution < -0.4 is 15.1 Å². The molecule has 1 N–H and O–H groups in total. The maximum atomic E-state index is 5.43. The van der Waals surface area contributed by atoms with Crippen LogP contribution in [-0.2, 0) is 4.74 Å².